The number of nitrogens with zero attached hydrogens (tertiary/aromatic N) is 3. The number of imidazole rings is 1. The lowest BCUT2D eigenvalue weighted by molar-refractivity contribution is 0.102. The van der Waals surface area contributed by atoms with E-state index in [-0.39, 0.29) is 17.4 Å². The van der Waals surface area contributed by atoms with Gasteiger partial charge in [-0.25, -0.2) is 4.98 Å². The second kappa shape index (κ2) is 8.31. The van der Waals surface area contributed by atoms with Crippen LogP contribution in [-0.4, -0.2) is 39.2 Å². The van der Waals surface area contributed by atoms with Crippen molar-refractivity contribution in [3.63, 3.8) is 0 Å². The molecule has 1 fully saturated rings. The molecule has 0 radical (unpaired) electrons. The average Bonchev–Trinajstić information content (AvgIpc) is 3.33. The van der Waals surface area contributed by atoms with Crippen LogP contribution in [0.4, 0.5) is 5.69 Å². The number of carbonyl (C=O) groups is 1. The highest BCUT2D eigenvalue weighted by Gasteiger charge is 2.20. The number of nitrogens with one attached hydrogen (secondary N) is 1. The fraction of sp³-hybridized carbons (Fsp3) is 0.409. The van der Waals surface area contributed by atoms with Crippen LogP contribution in [0.15, 0.2) is 41.6 Å². The molecule has 4 rings (SSSR count). The molecule has 4 heterocycles. The van der Waals surface area contributed by atoms with Gasteiger partial charge in [-0.05, 0) is 44.7 Å². The van der Waals surface area contributed by atoms with E-state index in [2.05, 4.69) is 5.32 Å². The minimum absolute atomic E-state index is 0.117. The van der Waals surface area contributed by atoms with E-state index in [1.807, 2.05) is 24.4 Å². The van der Waals surface area contributed by atoms with E-state index in [1.165, 1.54) is 4.57 Å². The summed E-state index contributed by atoms with van der Waals surface area (Å²) in [6.45, 7) is 5.36. The third-order valence-electron chi connectivity index (χ3n) is 5.11. The standard InChI is InChI=1S/C22H26N4O4/c1-14(2)30-19-10-20-23-16(9-15-6-8-29-13-15)11-26(20)12-17(19)21(27)24-18-5-4-7-25(3)22(18)28/h4-5,7,10-12,14-15H,6,8-9,13H2,1-3H3,(H,24,27)/t15-/m1/s1. The molecule has 1 amide bonds. The topological polar surface area (TPSA) is 86.9 Å². The van der Waals surface area contributed by atoms with Gasteiger partial charge in [-0.15, -0.1) is 0 Å². The Morgan fingerprint density at radius 3 is 2.97 bits per heavy atom. The molecule has 1 aliphatic rings. The van der Waals surface area contributed by atoms with Crippen LogP contribution >= 0.6 is 0 Å². The maximum Gasteiger partial charge on any atom is 0.274 e. The van der Waals surface area contributed by atoms with Crippen LogP contribution in [0.25, 0.3) is 5.65 Å². The molecule has 0 unspecified atom stereocenters. The molecule has 1 saturated heterocycles. The monoisotopic (exact) mass is 410 g/mol. The van der Waals surface area contributed by atoms with Crippen molar-refractivity contribution in [2.75, 3.05) is 18.5 Å². The highest BCUT2D eigenvalue weighted by Crippen LogP contribution is 2.25. The van der Waals surface area contributed by atoms with E-state index in [1.54, 1.807) is 37.6 Å². The second-order valence-corrected chi connectivity index (χ2v) is 7.94. The fourth-order valence-corrected chi connectivity index (χ4v) is 3.61. The number of rotatable bonds is 6. The van der Waals surface area contributed by atoms with E-state index in [9.17, 15) is 9.59 Å². The van der Waals surface area contributed by atoms with Crippen molar-refractivity contribution in [2.24, 2.45) is 13.0 Å². The quantitative estimate of drug-likeness (QED) is 0.675. The van der Waals surface area contributed by atoms with Gasteiger partial charge in [0, 0.05) is 44.9 Å². The molecule has 0 aliphatic carbocycles. The van der Waals surface area contributed by atoms with E-state index in [0.717, 1.165) is 31.7 Å². The third-order valence-corrected chi connectivity index (χ3v) is 5.11. The highest BCUT2D eigenvalue weighted by molar-refractivity contribution is 6.06. The Bertz CT molecular complexity index is 1130. The normalized spacial score (nSPS) is 16.3. The molecule has 30 heavy (non-hydrogen) atoms. The van der Waals surface area contributed by atoms with Crippen molar-refractivity contribution in [1.82, 2.24) is 14.0 Å². The number of hydrogen-bond donors (Lipinski definition) is 1. The molecule has 0 bridgehead atoms. The second-order valence-electron chi connectivity index (χ2n) is 7.94. The maximum absolute atomic E-state index is 13.0. The number of anilines is 1. The Hall–Kier alpha value is -3.13. The van der Waals surface area contributed by atoms with E-state index >= 15 is 0 Å². The van der Waals surface area contributed by atoms with Crippen molar-refractivity contribution in [1.29, 1.82) is 0 Å². The minimum Gasteiger partial charge on any atom is -0.490 e. The van der Waals surface area contributed by atoms with Gasteiger partial charge in [0.05, 0.1) is 17.4 Å². The number of fused-ring (bicyclic) bond motifs is 1. The van der Waals surface area contributed by atoms with Gasteiger partial charge in [0.1, 0.15) is 17.1 Å². The summed E-state index contributed by atoms with van der Waals surface area (Å²) in [5.74, 6) is 0.498. The maximum atomic E-state index is 13.0. The SMILES string of the molecule is CC(C)Oc1cc2nc(C[C@H]3CCOC3)cn2cc1C(=O)Nc1cccn(C)c1=O. The largest absolute Gasteiger partial charge is 0.490 e. The average molecular weight is 410 g/mol. The van der Waals surface area contributed by atoms with Gasteiger partial charge >= 0.3 is 0 Å². The molecule has 158 valence electrons. The zero-order valence-electron chi connectivity index (χ0n) is 17.4. The van der Waals surface area contributed by atoms with Gasteiger partial charge in [-0.2, -0.15) is 0 Å². The molecule has 1 N–H and O–H groups in total. The lowest BCUT2D eigenvalue weighted by Gasteiger charge is -2.14. The van der Waals surface area contributed by atoms with E-state index < -0.39 is 5.91 Å². The van der Waals surface area contributed by atoms with Gasteiger partial charge in [0.25, 0.3) is 11.5 Å². The van der Waals surface area contributed by atoms with Crippen LogP contribution in [0.1, 0.15) is 36.3 Å². The molecule has 1 atom stereocenters. The van der Waals surface area contributed by atoms with E-state index in [4.69, 9.17) is 14.5 Å². The van der Waals surface area contributed by atoms with Crippen LogP contribution in [0.5, 0.6) is 5.75 Å². The van der Waals surface area contributed by atoms with Gasteiger partial charge in [0.2, 0.25) is 0 Å². The Kier molecular flexibility index (Phi) is 5.59. The van der Waals surface area contributed by atoms with Crippen LogP contribution in [-0.2, 0) is 18.2 Å². The predicted molar refractivity (Wildman–Crippen MR) is 113 cm³/mol. The van der Waals surface area contributed by atoms with Gasteiger partial charge in [-0.1, -0.05) is 0 Å². The van der Waals surface area contributed by atoms with Crippen molar-refractivity contribution >= 4 is 17.2 Å². The zero-order chi connectivity index (χ0) is 21.3. The molecular weight excluding hydrogens is 384 g/mol. The lowest BCUT2D eigenvalue weighted by Crippen LogP contribution is -2.24. The molecule has 3 aromatic heterocycles. The lowest BCUT2D eigenvalue weighted by atomic mass is 10.0. The summed E-state index contributed by atoms with van der Waals surface area (Å²) < 4.78 is 14.6. The van der Waals surface area contributed by atoms with Gasteiger partial charge in [-0.3, -0.25) is 9.59 Å². The molecule has 8 heteroatoms. The van der Waals surface area contributed by atoms with E-state index in [0.29, 0.717) is 22.9 Å². The molecule has 3 aromatic rings. The van der Waals surface area contributed by atoms with Crippen LogP contribution in [0, 0.1) is 5.92 Å². The molecule has 0 spiro atoms. The number of aromatic nitrogens is 3. The molecule has 8 nitrogen and oxygen atoms in total. The predicted octanol–water partition coefficient (Wildman–Crippen LogP) is 2.65. The minimum atomic E-state index is -0.407. The summed E-state index contributed by atoms with van der Waals surface area (Å²) >= 11 is 0. The van der Waals surface area contributed by atoms with Crippen LogP contribution in [0.3, 0.4) is 0 Å². The molecule has 0 aromatic carbocycles. The molecular formula is C22H26N4O4. The summed E-state index contributed by atoms with van der Waals surface area (Å²) in [5.41, 5.74) is 1.95. The zero-order valence-corrected chi connectivity index (χ0v) is 17.4. The summed E-state index contributed by atoms with van der Waals surface area (Å²) in [6, 6.07) is 5.06. The molecule has 1 aliphatic heterocycles. The number of hydrogen-bond acceptors (Lipinski definition) is 5. The summed E-state index contributed by atoms with van der Waals surface area (Å²) in [7, 11) is 1.64. The number of pyridine rings is 2. The van der Waals surface area contributed by atoms with Crippen molar-refractivity contribution in [3.05, 3.63) is 58.4 Å². The fourth-order valence-electron chi connectivity index (χ4n) is 3.61. The number of amides is 1. The summed E-state index contributed by atoms with van der Waals surface area (Å²) in [6.07, 6.45) is 7.04. The first kappa shape index (κ1) is 20.2. The number of ether oxygens (including phenoxy) is 2. The number of carbonyl (C=O) groups excluding carboxylic acids is 1. The third kappa shape index (κ3) is 4.23. The Labute approximate surface area is 174 Å². The van der Waals surface area contributed by atoms with Crippen molar-refractivity contribution in [2.45, 2.75) is 32.8 Å². The van der Waals surface area contributed by atoms with Crippen molar-refractivity contribution < 1.29 is 14.3 Å². The van der Waals surface area contributed by atoms with Gasteiger partial charge < -0.3 is 23.8 Å². The Morgan fingerprint density at radius 2 is 2.23 bits per heavy atom. The van der Waals surface area contributed by atoms with Gasteiger partial charge in [0.15, 0.2) is 0 Å². The smallest absolute Gasteiger partial charge is 0.274 e. The summed E-state index contributed by atoms with van der Waals surface area (Å²) in [5, 5.41) is 2.71. The number of aryl methyl sites for hydroxylation is 1. The Balaban J connectivity index is 1.67. The first-order valence-corrected chi connectivity index (χ1v) is 10.1. The van der Waals surface area contributed by atoms with Crippen LogP contribution in [0.2, 0.25) is 0 Å². The summed E-state index contributed by atoms with van der Waals surface area (Å²) in [4.78, 5) is 30.0. The Morgan fingerprint density at radius 1 is 1.40 bits per heavy atom. The molecule has 0 saturated carbocycles. The highest BCUT2D eigenvalue weighted by atomic mass is 16.5. The first-order valence-electron chi connectivity index (χ1n) is 10.1. The van der Waals surface area contributed by atoms with Crippen LogP contribution < -0.4 is 15.6 Å². The van der Waals surface area contributed by atoms with Crippen molar-refractivity contribution in [3.8, 4) is 5.75 Å². The first-order chi connectivity index (χ1) is 14.4.